The van der Waals surface area contributed by atoms with Crippen LogP contribution in [0.4, 0.5) is 4.39 Å². The molecule has 1 aliphatic heterocycles. The highest BCUT2D eigenvalue weighted by Crippen LogP contribution is 2.22. The van der Waals surface area contributed by atoms with Crippen LogP contribution in [0.5, 0.6) is 0 Å². The molecule has 0 N–H and O–H groups in total. The predicted octanol–water partition coefficient (Wildman–Crippen LogP) is 2.38. The number of nitrogens with zero attached hydrogens (tertiary/aromatic N) is 3. The molecular weight excluding hydrogens is 309 g/mol. The Hall–Kier alpha value is -2.34. The second-order valence-corrected chi connectivity index (χ2v) is 5.95. The van der Waals surface area contributed by atoms with Crippen LogP contribution in [0, 0.1) is 19.7 Å². The number of hydrogen-bond acceptors (Lipinski definition) is 4. The number of halogens is 1. The molecule has 0 bridgehead atoms. The van der Waals surface area contributed by atoms with Crippen molar-refractivity contribution in [3.8, 4) is 0 Å². The van der Waals surface area contributed by atoms with E-state index in [0.717, 1.165) is 11.4 Å². The topological polar surface area (TPSA) is 55.3 Å². The molecular formula is C18H20FN3O2. The van der Waals surface area contributed by atoms with Crippen LogP contribution in [0.25, 0.3) is 0 Å². The molecule has 1 aromatic heterocycles. The number of ether oxygens (including phenoxy) is 1. The third kappa shape index (κ3) is 3.76. The minimum absolute atomic E-state index is 0.0568. The van der Waals surface area contributed by atoms with Crippen molar-refractivity contribution in [2.24, 2.45) is 0 Å². The summed E-state index contributed by atoms with van der Waals surface area (Å²) >= 11 is 0. The molecule has 0 aliphatic carbocycles. The standard InChI is InChI=1S/C18H20FN3O2/c1-12-9-16(21-13(2)20-12)17-11-22(7-8-24-17)18(23)10-14-5-3-4-6-15(14)19/h3-6,9,17H,7-8,10-11H2,1-2H3. The highest BCUT2D eigenvalue weighted by Gasteiger charge is 2.27. The zero-order valence-corrected chi connectivity index (χ0v) is 13.8. The lowest BCUT2D eigenvalue weighted by molar-refractivity contribution is -0.138. The third-order valence-corrected chi connectivity index (χ3v) is 4.03. The molecule has 3 rings (SSSR count). The molecule has 126 valence electrons. The molecule has 1 atom stereocenters. The van der Waals surface area contributed by atoms with Crippen molar-refractivity contribution in [3.05, 3.63) is 58.9 Å². The van der Waals surface area contributed by atoms with E-state index in [2.05, 4.69) is 9.97 Å². The maximum absolute atomic E-state index is 13.7. The molecule has 1 saturated heterocycles. The molecule has 1 aliphatic rings. The number of carbonyl (C=O) groups is 1. The van der Waals surface area contributed by atoms with E-state index in [1.807, 2.05) is 19.9 Å². The molecule has 6 heteroatoms. The van der Waals surface area contributed by atoms with Crippen LogP contribution in [0.2, 0.25) is 0 Å². The minimum Gasteiger partial charge on any atom is -0.368 e. The van der Waals surface area contributed by atoms with Crippen LogP contribution in [0.3, 0.4) is 0 Å². The largest absolute Gasteiger partial charge is 0.368 e. The predicted molar refractivity (Wildman–Crippen MR) is 86.9 cm³/mol. The van der Waals surface area contributed by atoms with Crippen LogP contribution in [-0.2, 0) is 16.0 Å². The van der Waals surface area contributed by atoms with Crippen LogP contribution in [-0.4, -0.2) is 40.5 Å². The summed E-state index contributed by atoms with van der Waals surface area (Å²) in [5.74, 6) is 0.233. The number of aromatic nitrogens is 2. The van der Waals surface area contributed by atoms with E-state index in [1.165, 1.54) is 6.07 Å². The Morgan fingerprint density at radius 1 is 1.33 bits per heavy atom. The smallest absolute Gasteiger partial charge is 0.227 e. The molecule has 0 spiro atoms. The number of amides is 1. The van der Waals surface area contributed by atoms with Gasteiger partial charge in [0.15, 0.2) is 0 Å². The fourth-order valence-corrected chi connectivity index (χ4v) is 2.88. The summed E-state index contributed by atoms with van der Waals surface area (Å²) in [4.78, 5) is 22.9. The average molecular weight is 329 g/mol. The van der Waals surface area contributed by atoms with E-state index >= 15 is 0 Å². The molecule has 0 radical (unpaired) electrons. The van der Waals surface area contributed by atoms with Crippen molar-refractivity contribution in [2.45, 2.75) is 26.4 Å². The molecule has 1 amide bonds. The van der Waals surface area contributed by atoms with E-state index in [1.54, 1.807) is 23.1 Å². The highest BCUT2D eigenvalue weighted by atomic mass is 19.1. The third-order valence-electron chi connectivity index (χ3n) is 4.03. The second kappa shape index (κ2) is 7.05. The van der Waals surface area contributed by atoms with Crippen LogP contribution < -0.4 is 0 Å². The number of rotatable bonds is 3. The van der Waals surface area contributed by atoms with E-state index in [9.17, 15) is 9.18 Å². The highest BCUT2D eigenvalue weighted by molar-refractivity contribution is 5.79. The zero-order valence-electron chi connectivity index (χ0n) is 13.8. The number of hydrogen-bond donors (Lipinski definition) is 0. The number of aryl methyl sites for hydroxylation is 2. The van der Waals surface area contributed by atoms with Gasteiger partial charge in [-0.05, 0) is 31.5 Å². The number of carbonyl (C=O) groups excluding carboxylic acids is 1. The number of benzene rings is 1. The Bertz CT molecular complexity index is 731. The Kier molecular flexibility index (Phi) is 4.85. The first kappa shape index (κ1) is 16.5. The van der Waals surface area contributed by atoms with Gasteiger partial charge in [-0.15, -0.1) is 0 Å². The van der Waals surface area contributed by atoms with E-state index in [4.69, 9.17) is 4.74 Å². The van der Waals surface area contributed by atoms with Gasteiger partial charge in [-0.25, -0.2) is 14.4 Å². The number of morpholine rings is 1. The molecule has 5 nitrogen and oxygen atoms in total. The van der Waals surface area contributed by atoms with Crippen molar-refractivity contribution >= 4 is 5.91 Å². The first-order valence-electron chi connectivity index (χ1n) is 7.98. The molecule has 1 fully saturated rings. The van der Waals surface area contributed by atoms with Gasteiger partial charge in [0.25, 0.3) is 0 Å². The maximum Gasteiger partial charge on any atom is 0.227 e. The van der Waals surface area contributed by atoms with Gasteiger partial charge in [0, 0.05) is 12.2 Å². The lowest BCUT2D eigenvalue weighted by Gasteiger charge is -2.33. The average Bonchev–Trinajstić information content (AvgIpc) is 2.56. The molecule has 24 heavy (non-hydrogen) atoms. The maximum atomic E-state index is 13.7. The summed E-state index contributed by atoms with van der Waals surface area (Å²) in [5, 5.41) is 0. The summed E-state index contributed by atoms with van der Waals surface area (Å²) in [6.45, 7) is 5.11. The second-order valence-electron chi connectivity index (χ2n) is 5.95. The van der Waals surface area contributed by atoms with Crippen LogP contribution in [0.15, 0.2) is 30.3 Å². The fourth-order valence-electron chi connectivity index (χ4n) is 2.88. The zero-order chi connectivity index (χ0) is 17.1. The van der Waals surface area contributed by atoms with E-state index in [0.29, 0.717) is 31.1 Å². The van der Waals surface area contributed by atoms with Crippen molar-refractivity contribution in [3.63, 3.8) is 0 Å². The molecule has 0 saturated carbocycles. The normalized spacial score (nSPS) is 17.8. The van der Waals surface area contributed by atoms with Crippen LogP contribution in [0.1, 0.15) is 28.9 Å². The molecule has 2 aromatic rings. The summed E-state index contributed by atoms with van der Waals surface area (Å²) in [5.41, 5.74) is 2.07. The summed E-state index contributed by atoms with van der Waals surface area (Å²) < 4.78 is 19.5. The van der Waals surface area contributed by atoms with Crippen molar-refractivity contribution < 1.29 is 13.9 Å². The summed E-state index contributed by atoms with van der Waals surface area (Å²) in [6.07, 6.45) is -0.218. The van der Waals surface area contributed by atoms with Gasteiger partial charge in [0.1, 0.15) is 17.7 Å². The van der Waals surface area contributed by atoms with Gasteiger partial charge < -0.3 is 9.64 Å². The fraction of sp³-hybridized carbons (Fsp3) is 0.389. The van der Waals surface area contributed by atoms with E-state index in [-0.39, 0.29) is 24.2 Å². The molecule has 1 aromatic carbocycles. The summed E-state index contributed by atoms with van der Waals surface area (Å²) in [6, 6.07) is 8.25. The lowest BCUT2D eigenvalue weighted by atomic mass is 10.1. The minimum atomic E-state index is -0.349. The monoisotopic (exact) mass is 329 g/mol. The molecule has 1 unspecified atom stereocenters. The van der Waals surface area contributed by atoms with Crippen LogP contribution >= 0.6 is 0 Å². The Labute approximate surface area is 140 Å². The Morgan fingerprint density at radius 2 is 2.12 bits per heavy atom. The van der Waals surface area contributed by atoms with Crippen molar-refractivity contribution in [1.29, 1.82) is 0 Å². The molecule has 2 heterocycles. The van der Waals surface area contributed by atoms with Gasteiger partial charge in [0.05, 0.1) is 25.3 Å². The first-order chi connectivity index (χ1) is 11.5. The van der Waals surface area contributed by atoms with E-state index < -0.39 is 0 Å². The van der Waals surface area contributed by atoms with Gasteiger partial charge in [-0.2, -0.15) is 0 Å². The van der Waals surface area contributed by atoms with Gasteiger partial charge >= 0.3 is 0 Å². The summed E-state index contributed by atoms with van der Waals surface area (Å²) in [7, 11) is 0. The Balaban J connectivity index is 1.71. The quantitative estimate of drug-likeness (QED) is 0.867. The van der Waals surface area contributed by atoms with Gasteiger partial charge in [0.2, 0.25) is 5.91 Å². The van der Waals surface area contributed by atoms with Gasteiger partial charge in [-0.3, -0.25) is 4.79 Å². The van der Waals surface area contributed by atoms with Crippen molar-refractivity contribution in [2.75, 3.05) is 19.7 Å². The van der Waals surface area contributed by atoms with Gasteiger partial charge in [-0.1, -0.05) is 18.2 Å². The van der Waals surface area contributed by atoms with Crippen molar-refractivity contribution in [1.82, 2.24) is 14.9 Å². The first-order valence-corrected chi connectivity index (χ1v) is 7.98. The lowest BCUT2D eigenvalue weighted by Crippen LogP contribution is -2.43. The SMILES string of the molecule is Cc1cc(C2CN(C(=O)Cc3ccccc3F)CCO2)nc(C)n1. The Morgan fingerprint density at radius 3 is 2.88 bits per heavy atom.